The highest BCUT2D eigenvalue weighted by molar-refractivity contribution is 5.90. The van der Waals surface area contributed by atoms with Crippen LogP contribution in [-0.2, 0) is 20.0 Å². The van der Waals surface area contributed by atoms with Crippen molar-refractivity contribution in [2.24, 2.45) is 12.8 Å². The second-order valence-corrected chi connectivity index (χ2v) is 6.06. The first-order chi connectivity index (χ1) is 11.5. The van der Waals surface area contributed by atoms with E-state index in [0.717, 1.165) is 34.0 Å². The van der Waals surface area contributed by atoms with Gasteiger partial charge in [0.1, 0.15) is 0 Å². The average molecular weight is 322 g/mol. The molecule has 0 saturated carbocycles. The largest absolute Gasteiger partial charge is 0.368 e. The monoisotopic (exact) mass is 322 g/mol. The number of nitrogen functional groups attached to an aromatic ring is 1. The summed E-state index contributed by atoms with van der Waals surface area (Å²) in [7, 11) is 2.06. The van der Waals surface area contributed by atoms with Gasteiger partial charge < -0.3 is 20.9 Å². The minimum absolute atomic E-state index is 0.258. The van der Waals surface area contributed by atoms with E-state index in [-0.39, 0.29) is 12.0 Å². The number of primary amides is 1. The Balaban J connectivity index is 1.86. The molecule has 0 spiro atoms. The van der Waals surface area contributed by atoms with E-state index in [0.29, 0.717) is 13.1 Å². The molecule has 0 saturated heterocycles. The number of nitrogens with two attached hydrogens (primary N) is 2. The minimum Gasteiger partial charge on any atom is -0.368 e. The quantitative estimate of drug-likeness (QED) is 0.711. The topological polar surface area (TPSA) is 103 Å². The van der Waals surface area contributed by atoms with Gasteiger partial charge in [-0.2, -0.15) is 0 Å². The number of rotatable bonds is 1. The molecular formula is C17H18N6O. The molecule has 7 nitrogen and oxygen atoms in total. The second-order valence-electron chi connectivity index (χ2n) is 6.06. The number of anilines is 1. The molecule has 4 rings (SSSR count). The van der Waals surface area contributed by atoms with Crippen LogP contribution in [0.3, 0.4) is 0 Å². The molecule has 1 aliphatic heterocycles. The van der Waals surface area contributed by atoms with Crippen LogP contribution in [0.2, 0.25) is 0 Å². The Bertz CT molecular complexity index is 944. The Morgan fingerprint density at radius 1 is 1.21 bits per heavy atom. The number of nitrogens with zero attached hydrogens (tertiary/aromatic N) is 4. The van der Waals surface area contributed by atoms with Gasteiger partial charge in [0, 0.05) is 66.7 Å². The number of urea groups is 1. The zero-order valence-corrected chi connectivity index (χ0v) is 13.4. The first-order valence-corrected chi connectivity index (χ1v) is 7.77. The van der Waals surface area contributed by atoms with E-state index < -0.39 is 0 Å². The van der Waals surface area contributed by atoms with Gasteiger partial charge in [-0.15, -0.1) is 0 Å². The number of hydrogen-bond donors (Lipinski definition) is 2. The molecule has 0 bridgehead atoms. The predicted molar refractivity (Wildman–Crippen MR) is 92.1 cm³/mol. The molecule has 2 aromatic heterocycles. The smallest absolute Gasteiger partial charge is 0.315 e. The SMILES string of the molecule is Cn1c2c(c3cc(-c4cnc(N)nc4)ccc31)CN(C(N)=O)CC2. The summed E-state index contributed by atoms with van der Waals surface area (Å²) in [5, 5.41) is 1.13. The number of hydrogen-bond acceptors (Lipinski definition) is 4. The zero-order valence-electron chi connectivity index (χ0n) is 13.4. The number of fused-ring (bicyclic) bond motifs is 3. The second kappa shape index (κ2) is 5.23. The van der Waals surface area contributed by atoms with Gasteiger partial charge in [-0.1, -0.05) is 6.07 Å². The Morgan fingerprint density at radius 3 is 2.67 bits per heavy atom. The lowest BCUT2D eigenvalue weighted by Crippen LogP contribution is -2.39. The van der Waals surface area contributed by atoms with Crippen molar-refractivity contribution in [2.75, 3.05) is 12.3 Å². The van der Waals surface area contributed by atoms with Gasteiger partial charge in [0.05, 0.1) is 0 Å². The first kappa shape index (κ1) is 14.5. The summed E-state index contributed by atoms with van der Waals surface area (Å²) in [6, 6.07) is 5.89. The lowest BCUT2D eigenvalue weighted by Gasteiger charge is -2.26. The van der Waals surface area contributed by atoms with Crippen molar-refractivity contribution in [1.29, 1.82) is 0 Å². The molecule has 0 fully saturated rings. The van der Waals surface area contributed by atoms with Crippen LogP contribution in [0, 0.1) is 0 Å². The van der Waals surface area contributed by atoms with Gasteiger partial charge in [-0.05, 0) is 17.7 Å². The van der Waals surface area contributed by atoms with Gasteiger partial charge in [0.25, 0.3) is 0 Å². The minimum atomic E-state index is -0.374. The molecule has 0 radical (unpaired) electrons. The standard InChI is InChI=1S/C17H18N6O/c1-22-14-3-2-10(11-7-20-16(18)21-8-11)6-12(14)13-9-23(17(19)24)5-4-15(13)22/h2-3,6-8H,4-5,9H2,1H3,(H2,19,24)(H2,18,20,21). The maximum atomic E-state index is 11.5. The lowest BCUT2D eigenvalue weighted by molar-refractivity contribution is 0.202. The molecule has 4 N–H and O–H groups in total. The molecule has 24 heavy (non-hydrogen) atoms. The molecule has 2 amide bonds. The van der Waals surface area contributed by atoms with Crippen LogP contribution in [0.5, 0.6) is 0 Å². The van der Waals surface area contributed by atoms with Crippen molar-refractivity contribution in [3.05, 3.63) is 41.9 Å². The Hall–Kier alpha value is -3.09. The molecule has 3 heterocycles. The summed E-state index contributed by atoms with van der Waals surface area (Å²) in [6.07, 6.45) is 4.24. The normalized spacial score (nSPS) is 14.0. The van der Waals surface area contributed by atoms with Gasteiger partial charge >= 0.3 is 6.03 Å². The van der Waals surface area contributed by atoms with E-state index in [4.69, 9.17) is 11.5 Å². The van der Waals surface area contributed by atoms with Crippen molar-refractivity contribution in [1.82, 2.24) is 19.4 Å². The van der Waals surface area contributed by atoms with E-state index in [1.165, 1.54) is 5.69 Å². The predicted octanol–water partition coefficient (Wildman–Crippen LogP) is 1.65. The van der Waals surface area contributed by atoms with Gasteiger partial charge in [0.2, 0.25) is 5.95 Å². The summed E-state index contributed by atoms with van der Waals surface area (Å²) in [5.74, 6) is 0.258. The van der Waals surface area contributed by atoms with E-state index in [1.54, 1.807) is 17.3 Å². The Kier molecular flexibility index (Phi) is 3.16. The summed E-state index contributed by atoms with van der Waals surface area (Å²) >= 11 is 0. The van der Waals surface area contributed by atoms with E-state index >= 15 is 0 Å². The first-order valence-electron chi connectivity index (χ1n) is 7.77. The highest BCUT2D eigenvalue weighted by Crippen LogP contribution is 2.33. The maximum Gasteiger partial charge on any atom is 0.315 e. The van der Waals surface area contributed by atoms with Gasteiger partial charge in [-0.25, -0.2) is 14.8 Å². The number of aryl methyl sites for hydroxylation is 1. The highest BCUT2D eigenvalue weighted by atomic mass is 16.2. The molecule has 7 heteroatoms. The number of benzene rings is 1. The fourth-order valence-electron chi connectivity index (χ4n) is 3.43. The molecule has 0 atom stereocenters. The lowest BCUT2D eigenvalue weighted by atomic mass is 10.0. The average Bonchev–Trinajstić information content (AvgIpc) is 2.87. The van der Waals surface area contributed by atoms with E-state index in [1.807, 2.05) is 0 Å². The van der Waals surface area contributed by atoms with Crippen molar-refractivity contribution < 1.29 is 4.79 Å². The maximum absolute atomic E-state index is 11.5. The summed E-state index contributed by atoms with van der Waals surface area (Å²) < 4.78 is 2.20. The van der Waals surface area contributed by atoms with Crippen LogP contribution in [0.25, 0.3) is 22.0 Å². The van der Waals surface area contributed by atoms with Gasteiger partial charge in [-0.3, -0.25) is 0 Å². The van der Waals surface area contributed by atoms with Crippen LogP contribution < -0.4 is 11.5 Å². The van der Waals surface area contributed by atoms with E-state index in [9.17, 15) is 4.79 Å². The van der Waals surface area contributed by atoms with Gasteiger partial charge in [0.15, 0.2) is 0 Å². The number of aromatic nitrogens is 3. The third-order valence-corrected chi connectivity index (χ3v) is 4.72. The molecule has 3 aromatic rings. The fourth-order valence-corrected chi connectivity index (χ4v) is 3.43. The van der Waals surface area contributed by atoms with Crippen LogP contribution >= 0.6 is 0 Å². The molecule has 0 aliphatic carbocycles. The summed E-state index contributed by atoms with van der Waals surface area (Å²) in [6.45, 7) is 1.20. The van der Waals surface area contributed by atoms with Crippen molar-refractivity contribution in [3.8, 4) is 11.1 Å². The number of carbonyl (C=O) groups is 1. The molecule has 122 valence electrons. The van der Waals surface area contributed by atoms with Crippen LogP contribution in [0.15, 0.2) is 30.6 Å². The third kappa shape index (κ3) is 2.17. The number of amides is 2. The third-order valence-electron chi connectivity index (χ3n) is 4.72. The highest BCUT2D eigenvalue weighted by Gasteiger charge is 2.24. The van der Waals surface area contributed by atoms with Crippen molar-refractivity contribution in [3.63, 3.8) is 0 Å². The molecule has 1 aliphatic rings. The summed E-state index contributed by atoms with van der Waals surface area (Å²) in [4.78, 5) is 21.3. The summed E-state index contributed by atoms with van der Waals surface area (Å²) in [5.41, 5.74) is 16.5. The molecule has 1 aromatic carbocycles. The fraction of sp³-hybridized carbons (Fsp3) is 0.235. The van der Waals surface area contributed by atoms with Crippen molar-refractivity contribution in [2.45, 2.75) is 13.0 Å². The zero-order chi connectivity index (χ0) is 16.8. The van der Waals surface area contributed by atoms with Crippen molar-refractivity contribution >= 4 is 22.9 Å². The van der Waals surface area contributed by atoms with Crippen LogP contribution in [-0.4, -0.2) is 32.0 Å². The van der Waals surface area contributed by atoms with Crippen LogP contribution in [0.4, 0.5) is 10.7 Å². The molecule has 0 unspecified atom stereocenters. The number of carbonyl (C=O) groups excluding carboxylic acids is 1. The van der Waals surface area contributed by atoms with Crippen LogP contribution in [0.1, 0.15) is 11.3 Å². The van der Waals surface area contributed by atoms with E-state index in [2.05, 4.69) is 39.8 Å². The molecular weight excluding hydrogens is 304 g/mol. The Morgan fingerprint density at radius 2 is 1.96 bits per heavy atom. The Labute approximate surface area is 138 Å².